The molecule has 1 aromatic heterocycles. The van der Waals surface area contributed by atoms with Crippen molar-refractivity contribution in [3.8, 4) is 0 Å². The largest absolute Gasteiger partial charge is 0.480 e. The number of allylic oxidation sites excluding steroid dienone is 1. The summed E-state index contributed by atoms with van der Waals surface area (Å²) in [6, 6.07) is -1.92. The van der Waals surface area contributed by atoms with Gasteiger partial charge in [0.25, 0.3) is 0 Å². The van der Waals surface area contributed by atoms with Crippen LogP contribution >= 0.6 is 11.8 Å². The van der Waals surface area contributed by atoms with E-state index in [9.17, 15) is 19.5 Å². The van der Waals surface area contributed by atoms with Crippen LogP contribution in [-0.4, -0.2) is 62.6 Å². The maximum atomic E-state index is 13.5. The first-order chi connectivity index (χ1) is 14.4. The second-order valence-corrected chi connectivity index (χ2v) is 10.4. The Kier molecular flexibility index (Phi) is 3.05. The van der Waals surface area contributed by atoms with E-state index in [-0.39, 0.29) is 29.3 Å². The van der Waals surface area contributed by atoms with Gasteiger partial charge in [0.15, 0.2) is 5.78 Å². The number of rotatable bonds is 3. The molecular weight excluding hydrogens is 404 g/mol. The second-order valence-electron chi connectivity index (χ2n) is 9.16. The topological polar surface area (TPSA) is 129 Å². The number of carbonyl (C=O) groups is 3. The molecule has 154 valence electrons. The zero-order valence-electron chi connectivity index (χ0n) is 16.0. The van der Waals surface area contributed by atoms with Gasteiger partial charge in [0.2, 0.25) is 5.78 Å². The van der Waals surface area contributed by atoms with E-state index in [0.29, 0.717) is 12.2 Å². The van der Waals surface area contributed by atoms with Gasteiger partial charge >= 0.3 is 5.97 Å². The summed E-state index contributed by atoms with van der Waals surface area (Å²) in [7, 11) is 0. The minimum Gasteiger partial charge on any atom is -0.480 e. The summed E-state index contributed by atoms with van der Waals surface area (Å²) in [6.07, 6.45) is 5.42. The molecule has 3 bridgehead atoms. The molecule has 2 fully saturated rings. The average Bonchev–Trinajstić information content (AvgIpc) is 3.25. The van der Waals surface area contributed by atoms with E-state index in [1.807, 2.05) is 6.20 Å². The van der Waals surface area contributed by atoms with E-state index >= 15 is 0 Å². The van der Waals surface area contributed by atoms with E-state index < -0.39 is 29.5 Å². The molecule has 8 nitrogen and oxygen atoms in total. The molecule has 6 unspecified atom stereocenters. The van der Waals surface area contributed by atoms with Crippen molar-refractivity contribution in [3.05, 3.63) is 39.6 Å². The van der Waals surface area contributed by atoms with Crippen LogP contribution in [0.15, 0.2) is 22.8 Å². The third-order valence-corrected chi connectivity index (χ3v) is 9.27. The number of aromatic nitrogens is 1. The fourth-order valence-corrected chi connectivity index (χ4v) is 8.50. The fraction of sp³-hybridized carbons (Fsp3) is 0.476. The molecule has 6 aliphatic rings. The Bertz CT molecular complexity index is 1150. The number of aromatic amines is 1. The molecule has 2 aliphatic carbocycles. The summed E-state index contributed by atoms with van der Waals surface area (Å²) in [5.41, 5.74) is 10.3. The highest BCUT2D eigenvalue weighted by molar-refractivity contribution is 8.04. The molecule has 4 aliphatic heterocycles. The van der Waals surface area contributed by atoms with Crippen LogP contribution in [0.3, 0.4) is 0 Å². The SMILES string of the molecule is NC(CC1C2C(=O)C=C3SC4CC31C1=C3c5c(c[nH]c5C(=O)C1N4)CCN32)C(=O)O. The van der Waals surface area contributed by atoms with Crippen molar-refractivity contribution < 1.29 is 19.5 Å². The number of hydrogen-bond acceptors (Lipinski definition) is 7. The van der Waals surface area contributed by atoms with E-state index in [2.05, 4.69) is 15.2 Å². The number of nitrogens with zero attached hydrogens (tertiary/aromatic N) is 1. The highest BCUT2D eigenvalue weighted by atomic mass is 32.2. The Labute approximate surface area is 175 Å². The van der Waals surface area contributed by atoms with Crippen LogP contribution < -0.4 is 11.1 Å². The summed E-state index contributed by atoms with van der Waals surface area (Å²) in [5.74, 6) is -1.23. The molecule has 5 heterocycles. The molecule has 0 amide bonds. The molecule has 7 rings (SSSR count). The molecule has 1 aromatic rings. The summed E-state index contributed by atoms with van der Waals surface area (Å²) in [6.45, 7) is 0.676. The van der Waals surface area contributed by atoms with Crippen molar-refractivity contribution in [2.45, 2.75) is 42.8 Å². The van der Waals surface area contributed by atoms with Crippen molar-refractivity contribution in [1.82, 2.24) is 15.2 Å². The predicted molar refractivity (Wildman–Crippen MR) is 108 cm³/mol. The maximum absolute atomic E-state index is 13.5. The molecule has 0 radical (unpaired) electrons. The molecule has 5 N–H and O–H groups in total. The summed E-state index contributed by atoms with van der Waals surface area (Å²) in [5, 5.41) is 13.1. The lowest BCUT2D eigenvalue weighted by atomic mass is 9.52. The summed E-state index contributed by atoms with van der Waals surface area (Å²) < 4.78 is 0. The molecule has 1 spiro atoms. The van der Waals surface area contributed by atoms with Gasteiger partial charge in [-0.2, -0.15) is 0 Å². The lowest BCUT2D eigenvalue weighted by Crippen LogP contribution is -2.66. The van der Waals surface area contributed by atoms with Gasteiger partial charge in [-0.25, -0.2) is 0 Å². The van der Waals surface area contributed by atoms with Crippen LogP contribution in [0, 0.1) is 11.3 Å². The van der Waals surface area contributed by atoms with Crippen molar-refractivity contribution in [2.24, 2.45) is 17.1 Å². The van der Waals surface area contributed by atoms with E-state index in [4.69, 9.17) is 5.73 Å². The molecule has 2 saturated heterocycles. The Morgan fingerprint density at radius 2 is 2.27 bits per heavy atom. The molecule has 30 heavy (non-hydrogen) atoms. The first-order valence-electron chi connectivity index (χ1n) is 10.3. The quantitative estimate of drug-likeness (QED) is 0.551. The van der Waals surface area contributed by atoms with Gasteiger partial charge in [-0.3, -0.25) is 19.7 Å². The van der Waals surface area contributed by atoms with Crippen molar-refractivity contribution >= 4 is 35.0 Å². The first kappa shape index (κ1) is 17.3. The van der Waals surface area contributed by atoms with Crippen LogP contribution in [0.25, 0.3) is 5.70 Å². The van der Waals surface area contributed by atoms with Crippen LogP contribution in [-0.2, 0) is 16.0 Å². The van der Waals surface area contributed by atoms with Crippen molar-refractivity contribution in [3.63, 3.8) is 0 Å². The van der Waals surface area contributed by atoms with E-state index in [1.165, 1.54) is 0 Å². The lowest BCUT2D eigenvalue weighted by molar-refractivity contribution is -0.140. The summed E-state index contributed by atoms with van der Waals surface area (Å²) in [4.78, 5) is 44.8. The number of nitrogens with one attached hydrogen (secondary N) is 2. The number of fused-ring (bicyclic) bond motifs is 3. The first-order valence-corrected chi connectivity index (χ1v) is 11.2. The molecule has 6 atom stereocenters. The zero-order valence-corrected chi connectivity index (χ0v) is 16.8. The van der Waals surface area contributed by atoms with Gasteiger partial charge in [-0.05, 0) is 36.5 Å². The number of carbonyl (C=O) groups excluding carboxylic acids is 2. The Morgan fingerprint density at radius 1 is 1.43 bits per heavy atom. The van der Waals surface area contributed by atoms with Gasteiger partial charge in [-0.15, -0.1) is 11.8 Å². The van der Waals surface area contributed by atoms with Gasteiger partial charge < -0.3 is 20.7 Å². The summed E-state index contributed by atoms with van der Waals surface area (Å²) >= 11 is 1.62. The number of nitrogens with two attached hydrogens (primary N) is 1. The van der Waals surface area contributed by atoms with Crippen molar-refractivity contribution in [1.29, 1.82) is 0 Å². The Morgan fingerprint density at radius 3 is 3.07 bits per heavy atom. The standard InChI is InChI=1S/C21H20N4O4S/c22-9(20(28)29)3-8-17-10(26)4-11-21(8)5-12(30-11)24-16-14(21)18-13-7(1-2-25(17)18)6-23-15(13)19(16)27/h4,6,8-9,12,16-17,23-24H,1-3,5,22H2,(H,28,29). The number of piperidine rings is 1. The van der Waals surface area contributed by atoms with E-state index in [0.717, 1.165) is 40.1 Å². The number of H-pyrrole nitrogens is 1. The number of carboxylic acids is 1. The molecule has 9 heteroatoms. The number of hydrogen-bond donors (Lipinski definition) is 4. The zero-order chi connectivity index (χ0) is 20.5. The van der Waals surface area contributed by atoms with Crippen LogP contribution in [0.5, 0.6) is 0 Å². The minimum absolute atomic E-state index is 0.0239. The van der Waals surface area contributed by atoms with Gasteiger partial charge in [0.1, 0.15) is 6.04 Å². The van der Waals surface area contributed by atoms with E-state index in [1.54, 1.807) is 17.8 Å². The number of aliphatic carboxylic acids is 1. The van der Waals surface area contributed by atoms with Gasteiger partial charge in [0, 0.05) is 40.2 Å². The Balaban J connectivity index is 1.55. The highest BCUT2D eigenvalue weighted by Gasteiger charge is 2.68. The molecule has 0 saturated carbocycles. The van der Waals surface area contributed by atoms with Crippen LogP contribution in [0.2, 0.25) is 0 Å². The fourth-order valence-electron chi connectivity index (χ4n) is 6.90. The van der Waals surface area contributed by atoms with Crippen molar-refractivity contribution in [2.75, 3.05) is 6.54 Å². The highest BCUT2D eigenvalue weighted by Crippen LogP contribution is 2.70. The number of carboxylic acid groups (broad SMARTS) is 1. The third-order valence-electron chi connectivity index (χ3n) is 7.95. The third kappa shape index (κ3) is 1.74. The average molecular weight is 424 g/mol. The predicted octanol–water partition coefficient (Wildman–Crippen LogP) is 0.468. The lowest BCUT2D eigenvalue weighted by Gasteiger charge is -2.60. The number of thioether (sulfide) groups is 1. The number of ketones is 2. The Hall–Kier alpha value is -2.36. The van der Waals surface area contributed by atoms with Crippen LogP contribution in [0.1, 0.15) is 34.5 Å². The van der Waals surface area contributed by atoms with Gasteiger partial charge in [-0.1, -0.05) is 0 Å². The maximum Gasteiger partial charge on any atom is 0.320 e. The number of Topliss-reactive ketones (excluding diaryl/α,β-unsaturated/α-hetero) is 1. The minimum atomic E-state index is -1.05. The monoisotopic (exact) mass is 424 g/mol. The van der Waals surface area contributed by atoms with Crippen LogP contribution in [0.4, 0.5) is 0 Å². The van der Waals surface area contributed by atoms with Gasteiger partial charge in [0.05, 0.1) is 23.2 Å². The second kappa shape index (κ2) is 5.27. The smallest absolute Gasteiger partial charge is 0.320 e. The molecule has 0 aromatic carbocycles. The normalized spacial score (nSPS) is 38.0. The molecular formula is C21H20N4O4S.